The molecule has 0 bridgehead atoms. The predicted molar refractivity (Wildman–Crippen MR) is 70.5 cm³/mol. The molecule has 0 aliphatic carbocycles. The quantitative estimate of drug-likeness (QED) is 0.809. The van der Waals surface area contributed by atoms with Crippen molar-refractivity contribution >= 4 is 15.9 Å². The third-order valence-corrected chi connectivity index (χ3v) is 3.93. The number of carbonyl (C=O) groups is 1. The maximum Gasteiger partial charge on any atom is 0.245 e. The Kier molecular flexibility index (Phi) is 4.48. The number of amides is 1. The van der Waals surface area contributed by atoms with Gasteiger partial charge in [0.05, 0.1) is 6.26 Å². The minimum atomic E-state index is -3.44. The van der Waals surface area contributed by atoms with Crippen LogP contribution in [-0.2, 0) is 14.8 Å². The SMILES string of the molecule is CN(C)C(=O)C(c1ccccc1)N(C)S(C)(=O)=O. The zero-order chi connectivity index (χ0) is 13.9. The van der Waals surface area contributed by atoms with Crippen molar-refractivity contribution in [3.63, 3.8) is 0 Å². The van der Waals surface area contributed by atoms with Crippen LogP contribution in [0.25, 0.3) is 0 Å². The summed E-state index contributed by atoms with van der Waals surface area (Å²) < 4.78 is 24.3. The average molecular weight is 270 g/mol. The molecule has 0 aromatic heterocycles. The third kappa shape index (κ3) is 3.30. The molecule has 1 rings (SSSR count). The van der Waals surface area contributed by atoms with Gasteiger partial charge in [-0.15, -0.1) is 0 Å². The lowest BCUT2D eigenvalue weighted by molar-refractivity contribution is -0.132. The van der Waals surface area contributed by atoms with E-state index in [0.29, 0.717) is 5.56 Å². The lowest BCUT2D eigenvalue weighted by atomic mass is 10.1. The summed E-state index contributed by atoms with van der Waals surface area (Å²) in [5.74, 6) is -0.269. The summed E-state index contributed by atoms with van der Waals surface area (Å²) in [4.78, 5) is 13.5. The number of likely N-dealkylation sites (N-methyl/N-ethyl adjacent to an activating group) is 2. The van der Waals surface area contributed by atoms with Crippen molar-refractivity contribution in [3.05, 3.63) is 35.9 Å². The molecular weight excluding hydrogens is 252 g/mol. The molecule has 0 aliphatic rings. The van der Waals surface area contributed by atoms with E-state index in [4.69, 9.17) is 0 Å². The van der Waals surface area contributed by atoms with E-state index >= 15 is 0 Å². The number of hydrogen-bond acceptors (Lipinski definition) is 3. The van der Waals surface area contributed by atoms with Gasteiger partial charge in [0.1, 0.15) is 6.04 Å². The normalized spacial score (nSPS) is 13.4. The average Bonchev–Trinajstić information content (AvgIpc) is 2.29. The summed E-state index contributed by atoms with van der Waals surface area (Å²) in [7, 11) is 1.18. The molecule has 1 aromatic rings. The minimum Gasteiger partial charge on any atom is -0.347 e. The standard InChI is InChI=1S/C12H18N2O3S/c1-13(2)12(15)11(14(3)18(4,16)17)10-8-6-5-7-9-10/h5-9,11H,1-4H3. The van der Waals surface area contributed by atoms with Crippen LogP contribution in [0.5, 0.6) is 0 Å². The fourth-order valence-electron chi connectivity index (χ4n) is 1.58. The Labute approximate surface area is 108 Å². The molecule has 0 N–H and O–H groups in total. The van der Waals surface area contributed by atoms with Crippen LogP contribution < -0.4 is 0 Å². The van der Waals surface area contributed by atoms with Crippen molar-refractivity contribution < 1.29 is 13.2 Å². The molecule has 0 saturated carbocycles. The van der Waals surface area contributed by atoms with Gasteiger partial charge in [-0.1, -0.05) is 30.3 Å². The van der Waals surface area contributed by atoms with Crippen LogP contribution in [0.4, 0.5) is 0 Å². The Hall–Kier alpha value is -1.40. The highest BCUT2D eigenvalue weighted by Crippen LogP contribution is 2.23. The van der Waals surface area contributed by atoms with E-state index in [2.05, 4.69) is 0 Å². The molecular formula is C12H18N2O3S. The fraction of sp³-hybridized carbons (Fsp3) is 0.417. The van der Waals surface area contributed by atoms with Crippen LogP contribution >= 0.6 is 0 Å². The molecule has 18 heavy (non-hydrogen) atoms. The van der Waals surface area contributed by atoms with Crippen molar-refractivity contribution in [1.29, 1.82) is 0 Å². The Bertz CT molecular complexity index is 511. The van der Waals surface area contributed by atoms with E-state index in [-0.39, 0.29) is 5.91 Å². The number of hydrogen-bond donors (Lipinski definition) is 0. The number of rotatable bonds is 4. The molecule has 1 atom stereocenters. The molecule has 1 amide bonds. The molecule has 1 unspecified atom stereocenters. The smallest absolute Gasteiger partial charge is 0.245 e. The highest BCUT2D eigenvalue weighted by Gasteiger charge is 2.31. The second-order valence-electron chi connectivity index (χ2n) is 4.33. The topological polar surface area (TPSA) is 57.7 Å². The van der Waals surface area contributed by atoms with Gasteiger partial charge in [0.25, 0.3) is 0 Å². The van der Waals surface area contributed by atoms with Gasteiger partial charge in [-0.2, -0.15) is 4.31 Å². The van der Waals surface area contributed by atoms with Crippen LogP contribution in [0.2, 0.25) is 0 Å². The second-order valence-corrected chi connectivity index (χ2v) is 6.37. The highest BCUT2D eigenvalue weighted by molar-refractivity contribution is 7.88. The van der Waals surface area contributed by atoms with Crippen molar-refractivity contribution in [2.75, 3.05) is 27.4 Å². The van der Waals surface area contributed by atoms with Gasteiger partial charge in [-0.3, -0.25) is 4.79 Å². The van der Waals surface area contributed by atoms with E-state index in [1.165, 1.54) is 11.9 Å². The van der Waals surface area contributed by atoms with Crippen LogP contribution in [0.1, 0.15) is 11.6 Å². The zero-order valence-electron chi connectivity index (χ0n) is 11.0. The van der Waals surface area contributed by atoms with Gasteiger partial charge in [0.15, 0.2) is 0 Å². The number of sulfonamides is 1. The third-order valence-electron chi connectivity index (χ3n) is 2.68. The van der Waals surface area contributed by atoms with Crippen LogP contribution in [0, 0.1) is 0 Å². The van der Waals surface area contributed by atoms with E-state index in [1.807, 2.05) is 6.07 Å². The van der Waals surface area contributed by atoms with Crippen molar-refractivity contribution in [3.8, 4) is 0 Å². The van der Waals surface area contributed by atoms with Crippen molar-refractivity contribution in [2.45, 2.75) is 6.04 Å². The Morgan fingerprint density at radius 1 is 1.11 bits per heavy atom. The summed E-state index contributed by atoms with van der Waals surface area (Å²) >= 11 is 0. The van der Waals surface area contributed by atoms with E-state index in [9.17, 15) is 13.2 Å². The van der Waals surface area contributed by atoms with Crippen LogP contribution in [0.3, 0.4) is 0 Å². The molecule has 0 aliphatic heterocycles. The molecule has 0 fully saturated rings. The van der Waals surface area contributed by atoms with Gasteiger partial charge < -0.3 is 4.90 Å². The van der Waals surface area contributed by atoms with Gasteiger partial charge in [0.2, 0.25) is 15.9 Å². The first-order valence-corrected chi connectivity index (χ1v) is 7.29. The molecule has 0 heterocycles. The maximum atomic E-state index is 12.2. The molecule has 0 spiro atoms. The first-order valence-electron chi connectivity index (χ1n) is 5.44. The lowest BCUT2D eigenvalue weighted by Gasteiger charge is -2.27. The summed E-state index contributed by atoms with van der Waals surface area (Å²) in [5, 5.41) is 0. The number of benzene rings is 1. The molecule has 6 heteroatoms. The zero-order valence-corrected chi connectivity index (χ0v) is 11.8. The van der Waals surface area contributed by atoms with E-state index < -0.39 is 16.1 Å². The van der Waals surface area contributed by atoms with E-state index in [1.54, 1.807) is 38.4 Å². The Morgan fingerprint density at radius 2 is 1.61 bits per heavy atom. The lowest BCUT2D eigenvalue weighted by Crippen LogP contribution is -2.40. The first-order chi connectivity index (χ1) is 8.25. The monoisotopic (exact) mass is 270 g/mol. The fourth-order valence-corrected chi connectivity index (χ4v) is 2.17. The second kappa shape index (κ2) is 5.49. The predicted octanol–water partition coefficient (Wildman–Crippen LogP) is 0.707. The molecule has 0 radical (unpaired) electrons. The molecule has 5 nitrogen and oxygen atoms in total. The van der Waals surface area contributed by atoms with Crippen molar-refractivity contribution in [1.82, 2.24) is 9.21 Å². The summed E-state index contributed by atoms with van der Waals surface area (Å²) in [5.41, 5.74) is 0.657. The Morgan fingerprint density at radius 3 is 2.00 bits per heavy atom. The van der Waals surface area contributed by atoms with Gasteiger partial charge in [-0.25, -0.2) is 8.42 Å². The first kappa shape index (κ1) is 14.7. The van der Waals surface area contributed by atoms with Gasteiger partial charge in [-0.05, 0) is 5.56 Å². The minimum absolute atomic E-state index is 0.269. The maximum absolute atomic E-state index is 12.2. The molecule has 0 saturated heterocycles. The summed E-state index contributed by atoms with van der Waals surface area (Å²) in [6.07, 6.45) is 1.09. The van der Waals surface area contributed by atoms with Crippen LogP contribution in [0.15, 0.2) is 30.3 Å². The summed E-state index contributed by atoms with van der Waals surface area (Å²) in [6.45, 7) is 0. The summed E-state index contributed by atoms with van der Waals surface area (Å²) in [6, 6.07) is 8.04. The van der Waals surface area contributed by atoms with Gasteiger partial charge in [0, 0.05) is 21.1 Å². The number of carbonyl (C=O) groups excluding carboxylic acids is 1. The van der Waals surface area contributed by atoms with E-state index in [0.717, 1.165) is 10.6 Å². The van der Waals surface area contributed by atoms with Crippen LogP contribution in [-0.4, -0.2) is 50.9 Å². The largest absolute Gasteiger partial charge is 0.347 e. The highest BCUT2D eigenvalue weighted by atomic mass is 32.2. The number of nitrogens with zero attached hydrogens (tertiary/aromatic N) is 2. The van der Waals surface area contributed by atoms with Gasteiger partial charge >= 0.3 is 0 Å². The van der Waals surface area contributed by atoms with Crippen molar-refractivity contribution in [2.24, 2.45) is 0 Å². The Balaban J connectivity index is 3.24. The molecule has 1 aromatic carbocycles. The molecule has 100 valence electrons.